The van der Waals surface area contributed by atoms with Gasteiger partial charge in [-0.2, -0.15) is 0 Å². The standard InChI is InChI=1S/C20H27NO11/c1-6-13(26)7-8-14(27)21-15-17(29-10(3)23)19(30-11(4)24)18(16(28)9(2)22)32-20(15)31-12(5)25/h15,17-20H,6-8H2,1-5H3,(H,21,27)/t15?,17-,18?,19-,20?/m1/s1. The van der Waals surface area contributed by atoms with Crippen molar-refractivity contribution in [1.29, 1.82) is 0 Å². The second-order valence-corrected chi connectivity index (χ2v) is 7.09. The molecule has 1 fully saturated rings. The topological polar surface area (TPSA) is 168 Å². The second kappa shape index (κ2) is 12.0. The molecule has 1 aliphatic rings. The Bertz CT molecular complexity index is 790. The summed E-state index contributed by atoms with van der Waals surface area (Å²) in [4.78, 5) is 83.0. The Morgan fingerprint density at radius 3 is 1.78 bits per heavy atom. The third kappa shape index (κ3) is 7.84. The molecule has 0 saturated carbocycles. The Kier molecular flexibility index (Phi) is 10.1. The van der Waals surface area contributed by atoms with Gasteiger partial charge >= 0.3 is 17.9 Å². The highest BCUT2D eigenvalue weighted by molar-refractivity contribution is 6.38. The monoisotopic (exact) mass is 457 g/mol. The van der Waals surface area contributed by atoms with Gasteiger partial charge in [0, 0.05) is 47.0 Å². The first kappa shape index (κ1) is 26.9. The van der Waals surface area contributed by atoms with Gasteiger partial charge in [-0.05, 0) is 0 Å². The zero-order chi connectivity index (χ0) is 24.6. The molecule has 5 atom stereocenters. The van der Waals surface area contributed by atoms with Gasteiger partial charge in [0.15, 0.2) is 24.1 Å². The minimum absolute atomic E-state index is 0.0643. The molecule has 0 aliphatic carbocycles. The Hall–Kier alpha value is -3.15. The number of ketones is 3. The van der Waals surface area contributed by atoms with Gasteiger partial charge in [-0.25, -0.2) is 0 Å². The smallest absolute Gasteiger partial charge is 0.305 e. The molecular formula is C20H27NO11. The van der Waals surface area contributed by atoms with Crippen LogP contribution in [0.4, 0.5) is 0 Å². The van der Waals surface area contributed by atoms with Crippen LogP contribution in [0.5, 0.6) is 0 Å². The van der Waals surface area contributed by atoms with Crippen LogP contribution in [0.15, 0.2) is 0 Å². The van der Waals surface area contributed by atoms with Crippen LogP contribution in [0.1, 0.15) is 53.9 Å². The maximum atomic E-state index is 12.4. The SMILES string of the molecule is CCC(=O)CCC(=O)NC1C(OC(C)=O)OC(C(=O)C(C)=O)[C@H](OC(C)=O)[C@@H]1OC(C)=O. The first-order valence-corrected chi connectivity index (χ1v) is 9.90. The Labute approximate surface area is 184 Å². The average molecular weight is 457 g/mol. The lowest BCUT2D eigenvalue weighted by Gasteiger charge is -2.44. The number of carbonyl (C=O) groups is 7. The fourth-order valence-corrected chi connectivity index (χ4v) is 3.00. The number of hydrogen-bond acceptors (Lipinski definition) is 11. The molecule has 0 aromatic rings. The van der Waals surface area contributed by atoms with Crippen molar-refractivity contribution in [1.82, 2.24) is 5.32 Å². The molecule has 1 rings (SSSR count). The van der Waals surface area contributed by atoms with E-state index in [2.05, 4.69) is 5.32 Å². The molecule has 0 bridgehead atoms. The predicted molar refractivity (Wildman–Crippen MR) is 104 cm³/mol. The van der Waals surface area contributed by atoms with E-state index in [1.807, 2.05) is 0 Å². The van der Waals surface area contributed by atoms with E-state index in [4.69, 9.17) is 18.9 Å². The minimum Gasteiger partial charge on any atom is -0.456 e. The summed E-state index contributed by atoms with van der Waals surface area (Å²) in [7, 11) is 0. The van der Waals surface area contributed by atoms with Gasteiger partial charge in [0.25, 0.3) is 0 Å². The fraction of sp³-hybridized carbons (Fsp3) is 0.650. The van der Waals surface area contributed by atoms with Crippen LogP contribution in [-0.2, 0) is 52.5 Å². The summed E-state index contributed by atoms with van der Waals surface area (Å²) in [6, 6.07) is -1.41. The van der Waals surface area contributed by atoms with Gasteiger partial charge in [-0.15, -0.1) is 0 Å². The highest BCUT2D eigenvalue weighted by Gasteiger charge is 2.54. The third-order valence-corrected chi connectivity index (χ3v) is 4.39. The van der Waals surface area contributed by atoms with Crippen LogP contribution < -0.4 is 5.32 Å². The zero-order valence-corrected chi connectivity index (χ0v) is 18.5. The molecule has 12 nitrogen and oxygen atoms in total. The number of carbonyl (C=O) groups excluding carboxylic acids is 7. The number of amides is 1. The summed E-state index contributed by atoms with van der Waals surface area (Å²) in [6.45, 7) is 5.67. The first-order chi connectivity index (χ1) is 14.9. The summed E-state index contributed by atoms with van der Waals surface area (Å²) in [5.41, 5.74) is 0. The molecule has 1 N–H and O–H groups in total. The third-order valence-electron chi connectivity index (χ3n) is 4.39. The highest BCUT2D eigenvalue weighted by atomic mass is 16.7. The van der Waals surface area contributed by atoms with E-state index in [1.54, 1.807) is 6.92 Å². The number of ether oxygens (including phenoxy) is 4. The minimum atomic E-state index is -1.76. The lowest BCUT2D eigenvalue weighted by molar-refractivity contribution is -0.259. The summed E-state index contributed by atoms with van der Waals surface area (Å²) in [6.07, 6.45) is -6.66. The molecule has 0 spiro atoms. The maximum absolute atomic E-state index is 12.4. The number of hydrogen-bond donors (Lipinski definition) is 1. The Morgan fingerprint density at radius 1 is 0.781 bits per heavy atom. The molecule has 3 unspecified atom stereocenters. The Balaban J connectivity index is 3.38. The normalized spacial score (nSPS) is 24.6. The fourth-order valence-electron chi connectivity index (χ4n) is 3.00. The quantitative estimate of drug-likeness (QED) is 0.256. The molecule has 0 aromatic heterocycles. The highest BCUT2D eigenvalue weighted by Crippen LogP contribution is 2.28. The lowest BCUT2D eigenvalue weighted by atomic mass is 9.92. The molecule has 32 heavy (non-hydrogen) atoms. The number of esters is 3. The van der Waals surface area contributed by atoms with E-state index in [1.165, 1.54) is 0 Å². The molecular weight excluding hydrogens is 430 g/mol. The molecule has 1 aliphatic heterocycles. The van der Waals surface area contributed by atoms with Crippen molar-refractivity contribution in [2.24, 2.45) is 0 Å². The number of rotatable bonds is 10. The van der Waals surface area contributed by atoms with Crippen molar-refractivity contribution >= 4 is 41.2 Å². The average Bonchev–Trinajstić information content (AvgIpc) is 2.68. The molecule has 178 valence electrons. The van der Waals surface area contributed by atoms with Crippen molar-refractivity contribution in [3.8, 4) is 0 Å². The predicted octanol–water partition coefficient (Wildman–Crippen LogP) is -0.460. The summed E-state index contributed by atoms with van der Waals surface area (Å²) >= 11 is 0. The molecule has 1 saturated heterocycles. The van der Waals surface area contributed by atoms with Crippen LogP contribution in [0.2, 0.25) is 0 Å². The van der Waals surface area contributed by atoms with Crippen molar-refractivity contribution in [2.45, 2.75) is 84.5 Å². The number of nitrogens with one attached hydrogen (secondary N) is 1. The molecule has 12 heteroatoms. The summed E-state index contributed by atoms with van der Waals surface area (Å²) in [5.74, 6) is -5.53. The second-order valence-electron chi connectivity index (χ2n) is 7.09. The van der Waals surface area contributed by atoms with Gasteiger partial charge in [0.05, 0.1) is 0 Å². The largest absolute Gasteiger partial charge is 0.456 e. The zero-order valence-electron chi connectivity index (χ0n) is 18.5. The van der Waals surface area contributed by atoms with Crippen LogP contribution in [0.3, 0.4) is 0 Å². The van der Waals surface area contributed by atoms with Crippen LogP contribution in [0.25, 0.3) is 0 Å². The molecule has 1 amide bonds. The van der Waals surface area contributed by atoms with Crippen LogP contribution in [0, 0.1) is 0 Å². The molecule has 0 radical (unpaired) electrons. The van der Waals surface area contributed by atoms with Gasteiger partial charge in [0.1, 0.15) is 11.8 Å². The van der Waals surface area contributed by atoms with Gasteiger partial charge < -0.3 is 24.3 Å². The van der Waals surface area contributed by atoms with Gasteiger partial charge in [0.2, 0.25) is 18.0 Å². The molecule has 1 heterocycles. The summed E-state index contributed by atoms with van der Waals surface area (Å²) in [5, 5.41) is 2.44. The first-order valence-electron chi connectivity index (χ1n) is 9.90. The van der Waals surface area contributed by atoms with E-state index in [-0.39, 0.29) is 25.0 Å². The van der Waals surface area contributed by atoms with Gasteiger partial charge in [-0.1, -0.05) is 6.92 Å². The van der Waals surface area contributed by atoms with E-state index < -0.39 is 66.0 Å². The van der Waals surface area contributed by atoms with Crippen molar-refractivity contribution in [2.75, 3.05) is 0 Å². The van der Waals surface area contributed by atoms with E-state index in [9.17, 15) is 33.6 Å². The van der Waals surface area contributed by atoms with E-state index in [0.29, 0.717) is 0 Å². The van der Waals surface area contributed by atoms with E-state index in [0.717, 1.165) is 27.7 Å². The molecule has 0 aromatic carbocycles. The summed E-state index contributed by atoms with van der Waals surface area (Å²) < 4.78 is 20.8. The Morgan fingerprint density at radius 2 is 1.31 bits per heavy atom. The van der Waals surface area contributed by atoms with Crippen molar-refractivity contribution in [3.63, 3.8) is 0 Å². The number of Topliss-reactive ketones (excluding diaryl/α,β-unsaturated/α-hetero) is 3. The van der Waals surface area contributed by atoms with Crippen molar-refractivity contribution < 1.29 is 52.5 Å². The van der Waals surface area contributed by atoms with Crippen LogP contribution in [-0.4, -0.2) is 71.8 Å². The van der Waals surface area contributed by atoms with Crippen LogP contribution >= 0.6 is 0 Å². The lowest BCUT2D eigenvalue weighted by Crippen LogP contribution is -2.68. The van der Waals surface area contributed by atoms with Crippen molar-refractivity contribution in [3.05, 3.63) is 0 Å². The van der Waals surface area contributed by atoms with E-state index >= 15 is 0 Å². The maximum Gasteiger partial charge on any atom is 0.305 e. The van der Waals surface area contributed by atoms with Gasteiger partial charge in [-0.3, -0.25) is 33.6 Å².